The van der Waals surface area contributed by atoms with E-state index in [2.05, 4.69) is 11.6 Å². The molecule has 0 spiro atoms. The third-order valence-corrected chi connectivity index (χ3v) is 4.49. The summed E-state index contributed by atoms with van der Waals surface area (Å²) >= 11 is 0. The van der Waals surface area contributed by atoms with Crippen LogP contribution < -0.4 is 0 Å². The van der Waals surface area contributed by atoms with Crippen LogP contribution in [0.3, 0.4) is 0 Å². The van der Waals surface area contributed by atoms with E-state index in [-0.39, 0.29) is 5.91 Å². The van der Waals surface area contributed by atoms with Gasteiger partial charge in [-0.05, 0) is 24.6 Å². The van der Waals surface area contributed by atoms with Crippen LogP contribution in [0.4, 0.5) is 0 Å². The van der Waals surface area contributed by atoms with Crippen molar-refractivity contribution in [2.45, 2.75) is 13.0 Å². The molecule has 1 aliphatic rings. The Kier molecular flexibility index (Phi) is 4.27. The van der Waals surface area contributed by atoms with Crippen LogP contribution in [0.15, 0.2) is 67.4 Å². The van der Waals surface area contributed by atoms with Gasteiger partial charge in [0, 0.05) is 23.9 Å². The number of benzene rings is 1. The maximum atomic E-state index is 12.0. The lowest BCUT2D eigenvalue weighted by Gasteiger charge is -2.28. The lowest BCUT2D eigenvalue weighted by atomic mass is 10.00. The zero-order valence-corrected chi connectivity index (χ0v) is 14.3. The number of carbonyl (C=O) groups excluding carboxylic acids is 1. The molecule has 0 fully saturated rings. The summed E-state index contributed by atoms with van der Waals surface area (Å²) < 4.78 is 0. The van der Waals surface area contributed by atoms with E-state index in [1.165, 1.54) is 6.08 Å². The van der Waals surface area contributed by atoms with Crippen molar-refractivity contribution in [2.75, 3.05) is 6.54 Å². The predicted octanol–water partition coefficient (Wildman–Crippen LogP) is 3.28. The second kappa shape index (κ2) is 6.88. The van der Waals surface area contributed by atoms with Crippen molar-refractivity contribution in [3.05, 3.63) is 78.6 Å². The van der Waals surface area contributed by atoms with Crippen molar-refractivity contribution in [3.8, 4) is 22.8 Å². The number of amides is 1. The number of rotatable bonds is 3. The Morgan fingerprint density at radius 2 is 1.88 bits per heavy atom. The standard InChI is InChI=1S/C21H18N4O/c1-2-19(26)25-13-11-16-18(14-25)23-21(15-8-4-3-5-9-15)24-20(16)17-10-6-7-12-22-17/h2-10,12H,1,11,13-14H2. The van der Waals surface area contributed by atoms with E-state index in [0.717, 1.165) is 28.2 Å². The minimum atomic E-state index is -0.0742. The van der Waals surface area contributed by atoms with E-state index in [9.17, 15) is 4.79 Å². The van der Waals surface area contributed by atoms with Gasteiger partial charge in [0.2, 0.25) is 5.91 Å². The molecule has 0 radical (unpaired) electrons. The van der Waals surface area contributed by atoms with Gasteiger partial charge < -0.3 is 4.90 Å². The molecule has 3 heterocycles. The topological polar surface area (TPSA) is 59.0 Å². The third-order valence-electron chi connectivity index (χ3n) is 4.49. The van der Waals surface area contributed by atoms with Crippen molar-refractivity contribution < 1.29 is 4.79 Å². The second-order valence-corrected chi connectivity index (χ2v) is 6.12. The fourth-order valence-electron chi connectivity index (χ4n) is 3.18. The first-order valence-corrected chi connectivity index (χ1v) is 8.54. The summed E-state index contributed by atoms with van der Waals surface area (Å²) in [6.07, 6.45) is 3.82. The fraction of sp³-hybridized carbons (Fsp3) is 0.143. The van der Waals surface area contributed by atoms with Crippen LogP contribution in [0.25, 0.3) is 22.8 Å². The zero-order chi connectivity index (χ0) is 17.9. The van der Waals surface area contributed by atoms with Crippen molar-refractivity contribution in [2.24, 2.45) is 0 Å². The Labute approximate surface area is 152 Å². The lowest BCUT2D eigenvalue weighted by Crippen LogP contribution is -2.35. The summed E-state index contributed by atoms with van der Waals surface area (Å²) in [5, 5.41) is 0. The Hall–Kier alpha value is -3.34. The summed E-state index contributed by atoms with van der Waals surface area (Å²) in [4.78, 5) is 27.9. The molecule has 26 heavy (non-hydrogen) atoms. The first-order valence-electron chi connectivity index (χ1n) is 8.54. The highest BCUT2D eigenvalue weighted by atomic mass is 16.2. The van der Waals surface area contributed by atoms with E-state index in [4.69, 9.17) is 9.97 Å². The molecule has 128 valence electrons. The van der Waals surface area contributed by atoms with Crippen LogP contribution in [0, 0.1) is 0 Å². The largest absolute Gasteiger partial charge is 0.333 e. The van der Waals surface area contributed by atoms with Gasteiger partial charge in [-0.3, -0.25) is 9.78 Å². The molecular weight excluding hydrogens is 324 g/mol. The van der Waals surface area contributed by atoms with Gasteiger partial charge >= 0.3 is 0 Å². The average molecular weight is 342 g/mol. The number of pyridine rings is 1. The molecule has 1 amide bonds. The molecule has 0 atom stereocenters. The SMILES string of the molecule is C=CC(=O)N1CCc2c(nc(-c3ccccc3)nc2-c2ccccn2)C1. The molecule has 1 aliphatic heterocycles. The van der Waals surface area contributed by atoms with Crippen LogP contribution in [0.5, 0.6) is 0 Å². The normalized spacial score (nSPS) is 13.2. The molecule has 0 saturated heterocycles. The van der Waals surface area contributed by atoms with Gasteiger partial charge in [0.15, 0.2) is 5.82 Å². The number of hydrogen-bond donors (Lipinski definition) is 0. The Bertz CT molecular complexity index is 955. The van der Waals surface area contributed by atoms with E-state index < -0.39 is 0 Å². The monoisotopic (exact) mass is 342 g/mol. The van der Waals surface area contributed by atoms with Crippen LogP contribution in [0.2, 0.25) is 0 Å². The van der Waals surface area contributed by atoms with Gasteiger partial charge in [0.1, 0.15) is 0 Å². The van der Waals surface area contributed by atoms with Gasteiger partial charge in [-0.2, -0.15) is 0 Å². The first kappa shape index (κ1) is 16.1. The molecule has 2 aromatic heterocycles. The second-order valence-electron chi connectivity index (χ2n) is 6.12. The maximum Gasteiger partial charge on any atom is 0.246 e. The Morgan fingerprint density at radius 1 is 1.08 bits per heavy atom. The maximum absolute atomic E-state index is 12.0. The molecule has 1 aromatic carbocycles. The van der Waals surface area contributed by atoms with E-state index >= 15 is 0 Å². The number of carbonyl (C=O) groups is 1. The van der Waals surface area contributed by atoms with Gasteiger partial charge in [-0.25, -0.2) is 9.97 Å². The van der Waals surface area contributed by atoms with Gasteiger partial charge in [0.05, 0.1) is 23.6 Å². The third kappa shape index (κ3) is 2.99. The number of aromatic nitrogens is 3. The van der Waals surface area contributed by atoms with Gasteiger partial charge in [-0.1, -0.05) is 43.0 Å². The molecule has 0 bridgehead atoms. The van der Waals surface area contributed by atoms with Crippen molar-refractivity contribution in [1.82, 2.24) is 19.9 Å². The number of nitrogens with zero attached hydrogens (tertiary/aromatic N) is 4. The minimum absolute atomic E-state index is 0.0742. The Balaban J connectivity index is 1.86. The van der Waals surface area contributed by atoms with Crippen LogP contribution in [0.1, 0.15) is 11.3 Å². The number of hydrogen-bond acceptors (Lipinski definition) is 4. The summed E-state index contributed by atoms with van der Waals surface area (Å²) in [6.45, 7) is 4.68. The van der Waals surface area contributed by atoms with Gasteiger partial charge in [0.25, 0.3) is 0 Å². The van der Waals surface area contributed by atoms with E-state index in [1.54, 1.807) is 11.1 Å². The van der Waals surface area contributed by atoms with Crippen molar-refractivity contribution >= 4 is 5.91 Å². The highest BCUT2D eigenvalue weighted by Gasteiger charge is 2.25. The molecule has 0 N–H and O–H groups in total. The predicted molar refractivity (Wildman–Crippen MR) is 100 cm³/mol. The summed E-state index contributed by atoms with van der Waals surface area (Å²) in [7, 11) is 0. The van der Waals surface area contributed by atoms with Crippen LogP contribution in [-0.4, -0.2) is 32.3 Å². The molecule has 3 aromatic rings. The Morgan fingerprint density at radius 3 is 2.62 bits per heavy atom. The van der Waals surface area contributed by atoms with Crippen LogP contribution >= 0.6 is 0 Å². The van der Waals surface area contributed by atoms with E-state index in [1.807, 2.05) is 48.5 Å². The molecule has 0 saturated carbocycles. The summed E-state index contributed by atoms with van der Waals surface area (Å²) in [5.41, 5.74) is 4.56. The van der Waals surface area contributed by atoms with Crippen LogP contribution in [-0.2, 0) is 17.8 Å². The molecule has 4 rings (SSSR count). The van der Waals surface area contributed by atoms with Crippen molar-refractivity contribution in [3.63, 3.8) is 0 Å². The summed E-state index contributed by atoms with van der Waals surface area (Å²) in [6, 6.07) is 15.7. The van der Waals surface area contributed by atoms with E-state index in [0.29, 0.717) is 25.3 Å². The zero-order valence-electron chi connectivity index (χ0n) is 14.3. The lowest BCUT2D eigenvalue weighted by molar-refractivity contribution is -0.126. The molecule has 5 heteroatoms. The number of fused-ring (bicyclic) bond motifs is 1. The highest BCUT2D eigenvalue weighted by molar-refractivity contribution is 5.87. The minimum Gasteiger partial charge on any atom is -0.333 e. The highest BCUT2D eigenvalue weighted by Crippen LogP contribution is 2.29. The first-order chi connectivity index (χ1) is 12.8. The summed E-state index contributed by atoms with van der Waals surface area (Å²) in [5.74, 6) is 0.577. The smallest absolute Gasteiger partial charge is 0.246 e. The molecule has 0 unspecified atom stereocenters. The molecule has 5 nitrogen and oxygen atoms in total. The quantitative estimate of drug-likeness (QED) is 0.686. The molecule has 0 aliphatic carbocycles. The fourth-order valence-corrected chi connectivity index (χ4v) is 3.18. The average Bonchev–Trinajstić information content (AvgIpc) is 2.73. The van der Waals surface area contributed by atoms with Crippen molar-refractivity contribution in [1.29, 1.82) is 0 Å². The van der Waals surface area contributed by atoms with Gasteiger partial charge in [-0.15, -0.1) is 0 Å². The molecular formula is C21H18N4O.